The van der Waals surface area contributed by atoms with E-state index in [2.05, 4.69) is 24.3 Å². The summed E-state index contributed by atoms with van der Waals surface area (Å²) < 4.78 is 0. The minimum atomic E-state index is -0.787. The fraction of sp³-hybridized carbons (Fsp3) is 0.857. The van der Waals surface area contributed by atoms with Gasteiger partial charge in [0.25, 0.3) is 0 Å². The molecule has 19 heavy (non-hydrogen) atoms. The topological polar surface area (TPSA) is 87.7 Å². The molecule has 0 atom stereocenters. The van der Waals surface area contributed by atoms with Gasteiger partial charge in [-0.3, -0.25) is 4.79 Å². The Hall–Kier alpha value is -1.26. The van der Waals surface area contributed by atoms with E-state index in [1.807, 2.05) is 0 Å². The van der Waals surface area contributed by atoms with Gasteiger partial charge in [0.1, 0.15) is 5.41 Å². The quantitative estimate of drug-likeness (QED) is 0.227. The van der Waals surface area contributed by atoms with Crippen molar-refractivity contribution in [3.63, 3.8) is 0 Å². The predicted molar refractivity (Wildman–Crippen MR) is 76.0 cm³/mol. The summed E-state index contributed by atoms with van der Waals surface area (Å²) in [5, 5.41) is 15.0. The number of amides is 1. The van der Waals surface area contributed by atoms with Crippen LogP contribution in [0.3, 0.4) is 0 Å². The number of carbonyl (C=O) groups excluding carboxylic acids is 1. The Bertz CT molecular complexity index is 321. The number of amidine groups is 1. The van der Waals surface area contributed by atoms with Crippen LogP contribution in [0.15, 0.2) is 5.16 Å². The maximum Gasteiger partial charge on any atom is 0.233 e. The molecule has 0 heterocycles. The van der Waals surface area contributed by atoms with Crippen LogP contribution in [0.2, 0.25) is 0 Å². The number of hydrogen-bond donors (Lipinski definition) is 3. The summed E-state index contributed by atoms with van der Waals surface area (Å²) in [4.78, 5) is 12.4. The summed E-state index contributed by atoms with van der Waals surface area (Å²) in [6, 6.07) is 0. The van der Waals surface area contributed by atoms with Crippen molar-refractivity contribution in [3.8, 4) is 0 Å². The van der Waals surface area contributed by atoms with Gasteiger partial charge in [-0.2, -0.15) is 0 Å². The first-order valence-corrected chi connectivity index (χ1v) is 7.29. The molecule has 0 spiro atoms. The number of carbonyl (C=O) groups is 1. The molecule has 1 saturated carbocycles. The van der Waals surface area contributed by atoms with Crippen molar-refractivity contribution >= 4 is 11.7 Å². The first-order valence-electron chi connectivity index (χ1n) is 7.29. The Morgan fingerprint density at radius 2 is 2.00 bits per heavy atom. The van der Waals surface area contributed by atoms with Gasteiger partial charge in [0, 0.05) is 6.54 Å². The maximum absolute atomic E-state index is 12.4. The molecule has 0 saturated heterocycles. The molecule has 1 aliphatic rings. The van der Waals surface area contributed by atoms with Gasteiger partial charge in [0.15, 0.2) is 5.84 Å². The highest BCUT2D eigenvalue weighted by atomic mass is 16.4. The van der Waals surface area contributed by atoms with E-state index in [9.17, 15) is 4.79 Å². The lowest BCUT2D eigenvalue weighted by molar-refractivity contribution is -0.129. The third kappa shape index (κ3) is 4.11. The molecule has 110 valence electrons. The number of hydrogen-bond acceptors (Lipinski definition) is 3. The standard InChI is InChI=1S/C14H27N3O2/c1-11(2)7-6-10-16-13(18)14(12(15)17-19)8-4-3-5-9-14/h11,19H,3-10H2,1-2H3,(H2,15,17)(H,16,18). The molecule has 0 aromatic carbocycles. The number of nitrogens with zero attached hydrogens (tertiary/aromatic N) is 1. The van der Waals surface area contributed by atoms with Gasteiger partial charge in [-0.05, 0) is 31.6 Å². The minimum Gasteiger partial charge on any atom is -0.409 e. The highest BCUT2D eigenvalue weighted by Gasteiger charge is 2.43. The maximum atomic E-state index is 12.4. The molecule has 1 amide bonds. The van der Waals surface area contributed by atoms with E-state index in [1.54, 1.807) is 0 Å². The lowest BCUT2D eigenvalue weighted by Crippen LogP contribution is -2.51. The monoisotopic (exact) mass is 269 g/mol. The normalized spacial score (nSPS) is 19.4. The first kappa shape index (κ1) is 15.8. The number of rotatable bonds is 6. The summed E-state index contributed by atoms with van der Waals surface area (Å²) in [7, 11) is 0. The summed E-state index contributed by atoms with van der Waals surface area (Å²) >= 11 is 0. The minimum absolute atomic E-state index is 0.0635. The number of nitrogens with one attached hydrogen (secondary N) is 1. The average Bonchev–Trinajstić information content (AvgIpc) is 2.42. The molecular formula is C14H27N3O2. The predicted octanol–water partition coefficient (Wildman–Crippen LogP) is 2.24. The van der Waals surface area contributed by atoms with Gasteiger partial charge in [-0.1, -0.05) is 38.3 Å². The highest BCUT2D eigenvalue weighted by molar-refractivity contribution is 6.06. The molecule has 1 fully saturated rings. The van der Waals surface area contributed by atoms with Crippen LogP contribution in [0, 0.1) is 11.3 Å². The molecule has 0 aromatic rings. The Morgan fingerprint density at radius 3 is 2.53 bits per heavy atom. The Kier molecular flexibility index (Phi) is 6.12. The van der Waals surface area contributed by atoms with Crippen molar-refractivity contribution in [2.24, 2.45) is 22.2 Å². The molecule has 1 aliphatic carbocycles. The third-order valence-electron chi connectivity index (χ3n) is 3.98. The van der Waals surface area contributed by atoms with Gasteiger partial charge < -0.3 is 16.3 Å². The van der Waals surface area contributed by atoms with Crippen LogP contribution in [-0.2, 0) is 4.79 Å². The number of nitrogens with two attached hydrogens (primary N) is 1. The van der Waals surface area contributed by atoms with Crippen LogP contribution in [-0.4, -0.2) is 23.5 Å². The van der Waals surface area contributed by atoms with Crippen molar-refractivity contribution in [1.82, 2.24) is 5.32 Å². The summed E-state index contributed by atoms with van der Waals surface area (Å²) in [6.07, 6.45) is 6.44. The molecule has 0 unspecified atom stereocenters. The van der Waals surface area contributed by atoms with E-state index in [1.165, 1.54) is 0 Å². The lowest BCUT2D eigenvalue weighted by Gasteiger charge is -2.34. The lowest BCUT2D eigenvalue weighted by atomic mass is 9.72. The van der Waals surface area contributed by atoms with Crippen molar-refractivity contribution in [3.05, 3.63) is 0 Å². The molecule has 0 aliphatic heterocycles. The average molecular weight is 269 g/mol. The van der Waals surface area contributed by atoms with Gasteiger partial charge in [0.2, 0.25) is 5.91 Å². The molecule has 0 bridgehead atoms. The van der Waals surface area contributed by atoms with E-state index in [0.29, 0.717) is 25.3 Å². The number of oxime groups is 1. The van der Waals surface area contributed by atoms with E-state index < -0.39 is 5.41 Å². The van der Waals surface area contributed by atoms with Crippen LogP contribution in [0.1, 0.15) is 58.8 Å². The zero-order chi connectivity index (χ0) is 14.3. The molecule has 5 heteroatoms. The second kappa shape index (κ2) is 7.36. The first-order chi connectivity index (χ1) is 9.03. The van der Waals surface area contributed by atoms with E-state index >= 15 is 0 Å². The SMILES string of the molecule is CC(C)CCCNC(=O)C1(/C(N)=N/O)CCCCC1. The van der Waals surface area contributed by atoms with Crippen LogP contribution >= 0.6 is 0 Å². The Morgan fingerprint density at radius 1 is 1.37 bits per heavy atom. The van der Waals surface area contributed by atoms with Gasteiger partial charge in [0.05, 0.1) is 0 Å². The molecule has 5 nitrogen and oxygen atoms in total. The summed E-state index contributed by atoms with van der Waals surface area (Å²) in [5.41, 5.74) is 4.99. The van der Waals surface area contributed by atoms with E-state index in [4.69, 9.17) is 10.9 Å². The Balaban J connectivity index is 2.58. The Labute approximate surface area is 115 Å². The van der Waals surface area contributed by atoms with Crippen LogP contribution < -0.4 is 11.1 Å². The van der Waals surface area contributed by atoms with Crippen molar-refractivity contribution < 1.29 is 10.0 Å². The highest BCUT2D eigenvalue weighted by Crippen LogP contribution is 2.36. The van der Waals surface area contributed by atoms with Gasteiger partial charge >= 0.3 is 0 Å². The smallest absolute Gasteiger partial charge is 0.233 e. The van der Waals surface area contributed by atoms with Crippen LogP contribution in [0.4, 0.5) is 0 Å². The van der Waals surface area contributed by atoms with Crippen molar-refractivity contribution in [2.45, 2.75) is 58.8 Å². The second-order valence-electron chi connectivity index (χ2n) is 5.92. The second-order valence-corrected chi connectivity index (χ2v) is 5.92. The van der Waals surface area contributed by atoms with Gasteiger partial charge in [-0.25, -0.2) is 0 Å². The van der Waals surface area contributed by atoms with Gasteiger partial charge in [-0.15, -0.1) is 0 Å². The fourth-order valence-corrected chi connectivity index (χ4v) is 2.73. The molecular weight excluding hydrogens is 242 g/mol. The zero-order valence-electron chi connectivity index (χ0n) is 12.1. The van der Waals surface area contributed by atoms with E-state index in [-0.39, 0.29) is 11.7 Å². The molecule has 0 radical (unpaired) electrons. The largest absolute Gasteiger partial charge is 0.409 e. The zero-order valence-corrected chi connectivity index (χ0v) is 12.1. The molecule has 4 N–H and O–H groups in total. The van der Waals surface area contributed by atoms with Crippen LogP contribution in [0.25, 0.3) is 0 Å². The third-order valence-corrected chi connectivity index (χ3v) is 3.98. The summed E-state index contributed by atoms with van der Waals surface area (Å²) in [6.45, 7) is 5.00. The van der Waals surface area contributed by atoms with Crippen LogP contribution in [0.5, 0.6) is 0 Å². The van der Waals surface area contributed by atoms with Crippen molar-refractivity contribution in [2.75, 3.05) is 6.54 Å². The van der Waals surface area contributed by atoms with Crippen molar-refractivity contribution in [1.29, 1.82) is 0 Å². The fourth-order valence-electron chi connectivity index (χ4n) is 2.73. The molecule has 1 rings (SSSR count). The molecule has 0 aromatic heterocycles. The van der Waals surface area contributed by atoms with E-state index in [0.717, 1.165) is 32.1 Å². The summed E-state index contributed by atoms with van der Waals surface area (Å²) in [5.74, 6) is 0.629.